The van der Waals surface area contributed by atoms with E-state index in [4.69, 9.17) is 9.68 Å². The van der Waals surface area contributed by atoms with E-state index >= 15 is 0 Å². The fraction of sp³-hybridized carbons (Fsp3) is 0.643. The molecule has 2 rings (SSSR count). The Morgan fingerprint density at radius 3 is 2.82 bits per heavy atom. The molecular weight excluding hydrogens is 212 g/mol. The van der Waals surface area contributed by atoms with Crippen molar-refractivity contribution in [3.63, 3.8) is 0 Å². The summed E-state index contributed by atoms with van der Waals surface area (Å²) in [6.07, 6.45) is 8.32. The quantitative estimate of drug-likeness (QED) is 0.793. The van der Waals surface area contributed by atoms with Gasteiger partial charge in [-0.1, -0.05) is 32.1 Å². The predicted octanol–water partition coefficient (Wildman–Crippen LogP) is 3.21. The van der Waals surface area contributed by atoms with Gasteiger partial charge < -0.3 is 9.73 Å². The van der Waals surface area contributed by atoms with Gasteiger partial charge in [0.25, 0.3) is 0 Å². The van der Waals surface area contributed by atoms with Crippen molar-refractivity contribution in [1.82, 2.24) is 5.32 Å². The first-order valence-corrected chi connectivity index (χ1v) is 6.58. The van der Waals surface area contributed by atoms with Crippen molar-refractivity contribution in [1.29, 1.82) is 5.26 Å². The molecule has 0 atom stereocenters. The summed E-state index contributed by atoms with van der Waals surface area (Å²) in [6, 6.07) is 5.58. The first kappa shape index (κ1) is 12.2. The standard InChI is InChI=1S/C14H20N2O/c15-10-13-6-7-14(17-13)11-16-9-8-12-4-2-1-3-5-12/h6-7,12,16H,1-5,8-9,11H2. The highest BCUT2D eigenvalue weighted by atomic mass is 16.3. The predicted molar refractivity (Wildman–Crippen MR) is 66.3 cm³/mol. The van der Waals surface area contributed by atoms with Crippen LogP contribution in [0.5, 0.6) is 0 Å². The lowest BCUT2D eigenvalue weighted by molar-refractivity contribution is 0.331. The lowest BCUT2D eigenvalue weighted by Crippen LogP contribution is -2.18. The molecular formula is C14H20N2O. The minimum Gasteiger partial charge on any atom is -0.449 e. The Morgan fingerprint density at radius 2 is 2.12 bits per heavy atom. The second-order valence-electron chi connectivity index (χ2n) is 4.85. The molecule has 0 unspecified atom stereocenters. The highest BCUT2D eigenvalue weighted by molar-refractivity contribution is 5.18. The SMILES string of the molecule is N#Cc1ccc(CNCCC2CCCCC2)o1. The van der Waals surface area contributed by atoms with E-state index in [9.17, 15) is 0 Å². The van der Waals surface area contributed by atoms with Crippen LogP contribution >= 0.6 is 0 Å². The summed E-state index contributed by atoms with van der Waals surface area (Å²) >= 11 is 0. The van der Waals surface area contributed by atoms with Gasteiger partial charge in [0.15, 0.2) is 0 Å². The van der Waals surface area contributed by atoms with Gasteiger partial charge in [-0.2, -0.15) is 5.26 Å². The number of nitrogens with one attached hydrogen (secondary N) is 1. The van der Waals surface area contributed by atoms with Crippen molar-refractivity contribution in [3.8, 4) is 6.07 Å². The number of hydrogen-bond acceptors (Lipinski definition) is 3. The van der Waals surface area contributed by atoms with Crippen molar-refractivity contribution in [3.05, 3.63) is 23.7 Å². The molecule has 1 heterocycles. The van der Waals surface area contributed by atoms with E-state index in [1.807, 2.05) is 12.1 Å². The third-order valence-electron chi connectivity index (χ3n) is 3.53. The summed E-state index contributed by atoms with van der Waals surface area (Å²) < 4.78 is 5.30. The van der Waals surface area contributed by atoms with Crippen LogP contribution < -0.4 is 5.32 Å². The van der Waals surface area contributed by atoms with E-state index in [0.717, 1.165) is 24.8 Å². The molecule has 1 aliphatic carbocycles. The Morgan fingerprint density at radius 1 is 1.29 bits per heavy atom. The van der Waals surface area contributed by atoms with Gasteiger partial charge >= 0.3 is 0 Å². The lowest BCUT2D eigenvalue weighted by atomic mass is 9.87. The van der Waals surface area contributed by atoms with E-state index in [1.54, 1.807) is 6.07 Å². The molecule has 3 nitrogen and oxygen atoms in total. The fourth-order valence-corrected chi connectivity index (χ4v) is 2.53. The molecule has 1 aromatic heterocycles. The molecule has 17 heavy (non-hydrogen) atoms. The molecule has 0 amide bonds. The second-order valence-corrected chi connectivity index (χ2v) is 4.85. The van der Waals surface area contributed by atoms with E-state index < -0.39 is 0 Å². The fourth-order valence-electron chi connectivity index (χ4n) is 2.53. The maximum Gasteiger partial charge on any atom is 0.203 e. The zero-order valence-corrected chi connectivity index (χ0v) is 10.2. The van der Waals surface area contributed by atoms with E-state index in [2.05, 4.69) is 5.32 Å². The summed E-state index contributed by atoms with van der Waals surface area (Å²) in [7, 11) is 0. The van der Waals surface area contributed by atoms with Crippen LogP contribution in [0.1, 0.15) is 50.0 Å². The number of nitrogens with zero attached hydrogens (tertiary/aromatic N) is 1. The van der Waals surface area contributed by atoms with Crippen LogP contribution in [0.15, 0.2) is 16.5 Å². The van der Waals surface area contributed by atoms with Gasteiger partial charge in [-0.3, -0.25) is 0 Å². The van der Waals surface area contributed by atoms with Crippen molar-refractivity contribution in [2.24, 2.45) is 5.92 Å². The van der Waals surface area contributed by atoms with Crippen LogP contribution in [-0.2, 0) is 6.54 Å². The highest BCUT2D eigenvalue weighted by Gasteiger charge is 2.12. The van der Waals surface area contributed by atoms with Gasteiger partial charge in [-0.05, 0) is 31.0 Å². The molecule has 0 aliphatic heterocycles. The zero-order valence-electron chi connectivity index (χ0n) is 10.2. The van der Waals surface area contributed by atoms with Crippen molar-refractivity contribution < 1.29 is 4.42 Å². The van der Waals surface area contributed by atoms with Crippen molar-refractivity contribution in [2.75, 3.05) is 6.54 Å². The van der Waals surface area contributed by atoms with Gasteiger partial charge in [-0.25, -0.2) is 0 Å². The van der Waals surface area contributed by atoms with Gasteiger partial charge in [0, 0.05) is 0 Å². The van der Waals surface area contributed by atoms with Crippen molar-refractivity contribution >= 4 is 0 Å². The van der Waals surface area contributed by atoms with Crippen LogP contribution in [0.4, 0.5) is 0 Å². The minimum atomic E-state index is 0.397. The zero-order chi connectivity index (χ0) is 11.9. The maximum atomic E-state index is 8.63. The summed E-state index contributed by atoms with van der Waals surface area (Å²) in [5, 5.41) is 12.0. The van der Waals surface area contributed by atoms with Gasteiger partial charge in [-0.15, -0.1) is 0 Å². The maximum absolute atomic E-state index is 8.63. The lowest BCUT2D eigenvalue weighted by Gasteiger charge is -2.21. The van der Waals surface area contributed by atoms with Crippen LogP contribution in [0.2, 0.25) is 0 Å². The molecule has 0 bridgehead atoms. The Labute approximate surface area is 103 Å². The summed E-state index contributed by atoms with van der Waals surface area (Å²) in [5.74, 6) is 2.17. The third-order valence-corrected chi connectivity index (χ3v) is 3.53. The molecule has 1 aromatic rings. The van der Waals surface area contributed by atoms with Crippen LogP contribution in [0.3, 0.4) is 0 Å². The first-order chi connectivity index (χ1) is 8.38. The molecule has 1 fully saturated rings. The highest BCUT2D eigenvalue weighted by Crippen LogP contribution is 2.25. The second kappa shape index (κ2) is 6.46. The summed E-state index contributed by atoms with van der Waals surface area (Å²) in [4.78, 5) is 0. The monoisotopic (exact) mass is 232 g/mol. The molecule has 1 saturated carbocycles. The number of hydrogen-bond donors (Lipinski definition) is 1. The van der Waals surface area contributed by atoms with E-state index in [1.165, 1.54) is 38.5 Å². The van der Waals surface area contributed by atoms with Gasteiger partial charge in [0.2, 0.25) is 5.76 Å². The Bertz CT molecular complexity index is 372. The molecule has 0 aromatic carbocycles. The minimum absolute atomic E-state index is 0.397. The van der Waals surface area contributed by atoms with Crippen molar-refractivity contribution in [2.45, 2.75) is 45.1 Å². The topological polar surface area (TPSA) is 49.0 Å². The first-order valence-electron chi connectivity index (χ1n) is 6.58. The summed E-state index contributed by atoms with van der Waals surface area (Å²) in [5.41, 5.74) is 0. The average molecular weight is 232 g/mol. The molecule has 92 valence electrons. The largest absolute Gasteiger partial charge is 0.449 e. The number of nitriles is 1. The molecule has 3 heteroatoms. The molecule has 0 saturated heterocycles. The molecule has 1 N–H and O–H groups in total. The molecule has 0 radical (unpaired) electrons. The smallest absolute Gasteiger partial charge is 0.203 e. The van der Waals surface area contributed by atoms with Gasteiger partial charge in [0.1, 0.15) is 11.8 Å². The Balaban J connectivity index is 1.61. The Kier molecular flexibility index (Phi) is 4.63. The molecule has 0 spiro atoms. The Hall–Kier alpha value is -1.27. The third kappa shape index (κ3) is 3.90. The normalized spacial score (nSPS) is 16.9. The van der Waals surface area contributed by atoms with Crippen LogP contribution in [-0.4, -0.2) is 6.54 Å². The van der Waals surface area contributed by atoms with Gasteiger partial charge in [0.05, 0.1) is 6.54 Å². The van der Waals surface area contributed by atoms with Crippen LogP contribution in [0.25, 0.3) is 0 Å². The van der Waals surface area contributed by atoms with Crippen LogP contribution in [0, 0.1) is 17.2 Å². The van der Waals surface area contributed by atoms with E-state index in [0.29, 0.717) is 5.76 Å². The molecule has 1 aliphatic rings. The number of rotatable bonds is 5. The average Bonchev–Trinajstić information content (AvgIpc) is 2.84. The summed E-state index contributed by atoms with van der Waals surface area (Å²) in [6.45, 7) is 1.78. The number of furan rings is 1. The van der Waals surface area contributed by atoms with E-state index in [-0.39, 0.29) is 0 Å².